The van der Waals surface area contributed by atoms with Crippen molar-refractivity contribution < 1.29 is 9.84 Å². The first-order valence-corrected chi connectivity index (χ1v) is 8.72. The van der Waals surface area contributed by atoms with Gasteiger partial charge in [0, 0.05) is 43.4 Å². The van der Waals surface area contributed by atoms with E-state index in [0.29, 0.717) is 6.54 Å². The van der Waals surface area contributed by atoms with Crippen molar-refractivity contribution >= 4 is 17.3 Å². The van der Waals surface area contributed by atoms with Crippen molar-refractivity contribution in [1.82, 2.24) is 4.90 Å². The van der Waals surface area contributed by atoms with Crippen LogP contribution in [0.15, 0.2) is 18.2 Å². The van der Waals surface area contributed by atoms with Crippen LogP contribution in [0.4, 0.5) is 5.69 Å². The van der Waals surface area contributed by atoms with Crippen LogP contribution in [0.2, 0.25) is 5.02 Å². The average Bonchev–Trinajstić information content (AvgIpc) is 2.56. The van der Waals surface area contributed by atoms with Crippen LogP contribution < -0.4 is 4.90 Å². The Bertz CT molecular complexity index is 590. The van der Waals surface area contributed by atoms with Gasteiger partial charge in [0.05, 0.1) is 12.7 Å². The molecule has 1 saturated heterocycles. The maximum absolute atomic E-state index is 10.2. The first kappa shape index (κ1) is 19.1. The number of benzene rings is 1. The molecule has 0 bridgehead atoms. The number of nitrogens with zero attached hydrogens (tertiary/aromatic N) is 2. The second-order valence-electron chi connectivity index (χ2n) is 6.84. The molecule has 1 atom stereocenters. The van der Waals surface area contributed by atoms with Gasteiger partial charge in [0.15, 0.2) is 0 Å². The van der Waals surface area contributed by atoms with Crippen molar-refractivity contribution in [3.63, 3.8) is 0 Å². The Morgan fingerprint density at radius 1 is 1.33 bits per heavy atom. The second-order valence-corrected chi connectivity index (χ2v) is 7.27. The minimum Gasteiger partial charge on any atom is -0.389 e. The van der Waals surface area contributed by atoms with Crippen LogP contribution in [-0.4, -0.2) is 61.0 Å². The van der Waals surface area contributed by atoms with E-state index >= 15 is 0 Å². The molecule has 0 amide bonds. The van der Waals surface area contributed by atoms with Gasteiger partial charge in [-0.25, -0.2) is 0 Å². The lowest BCUT2D eigenvalue weighted by Crippen LogP contribution is -2.49. The van der Waals surface area contributed by atoms with E-state index in [2.05, 4.69) is 28.7 Å². The molecule has 4 nitrogen and oxygen atoms in total. The molecule has 1 fully saturated rings. The second kappa shape index (κ2) is 8.22. The third-order valence-corrected chi connectivity index (χ3v) is 4.57. The molecule has 1 heterocycles. The SMILES string of the molecule is C#CC(C)(C)OC[C@H](O)CN1CCN(c2cc(Cl)ccc2C)CC1. The van der Waals surface area contributed by atoms with Crippen LogP contribution in [0.1, 0.15) is 19.4 Å². The van der Waals surface area contributed by atoms with Gasteiger partial charge < -0.3 is 14.7 Å². The van der Waals surface area contributed by atoms with E-state index in [1.807, 2.05) is 26.0 Å². The molecule has 0 aromatic heterocycles. The molecule has 5 heteroatoms. The Morgan fingerprint density at radius 2 is 2.00 bits per heavy atom. The van der Waals surface area contributed by atoms with Crippen molar-refractivity contribution in [3.8, 4) is 12.3 Å². The quantitative estimate of drug-likeness (QED) is 0.800. The number of aliphatic hydroxyl groups excluding tert-OH is 1. The van der Waals surface area contributed by atoms with E-state index in [4.69, 9.17) is 22.8 Å². The molecule has 132 valence electrons. The van der Waals surface area contributed by atoms with Crippen LogP contribution in [0, 0.1) is 19.3 Å². The number of hydrogen-bond donors (Lipinski definition) is 1. The summed E-state index contributed by atoms with van der Waals surface area (Å²) in [6.07, 6.45) is 4.86. The molecule has 1 aliphatic heterocycles. The smallest absolute Gasteiger partial charge is 0.122 e. The van der Waals surface area contributed by atoms with Gasteiger partial charge in [-0.15, -0.1) is 6.42 Å². The number of terminal acetylenes is 1. The molecule has 1 N–H and O–H groups in total. The topological polar surface area (TPSA) is 35.9 Å². The van der Waals surface area contributed by atoms with E-state index in [1.54, 1.807) is 0 Å². The van der Waals surface area contributed by atoms with Gasteiger partial charge >= 0.3 is 0 Å². The summed E-state index contributed by atoms with van der Waals surface area (Å²) < 4.78 is 5.56. The summed E-state index contributed by atoms with van der Waals surface area (Å²) in [5, 5.41) is 10.9. The Hall–Kier alpha value is -1.25. The zero-order valence-electron chi connectivity index (χ0n) is 14.8. The first-order chi connectivity index (χ1) is 11.3. The van der Waals surface area contributed by atoms with E-state index in [0.717, 1.165) is 31.2 Å². The molecule has 0 radical (unpaired) electrons. The predicted molar refractivity (Wildman–Crippen MR) is 99.7 cm³/mol. The fraction of sp³-hybridized carbons (Fsp3) is 0.579. The molecular formula is C19H27ClN2O2. The highest BCUT2D eigenvalue weighted by molar-refractivity contribution is 6.30. The summed E-state index contributed by atoms with van der Waals surface area (Å²) in [6.45, 7) is 10.3. The Kier molecular flexibility index (Phi) is 6.54. The highest BCUT2D eigenvalue weighted by Gasteiger charge is 2.22. The Morgan fingerprint density at radius 3 is 2.62 bits per heavy atom. The number of β-amino-alcohol motifs (C(OH)–C–C–N with tert-alkyl or cyclic N) is 1. The lowest BCUT2D eigenvalue weighted by Gasteiger charge is -2.37. The molecule has 0 unspecified atom stereocenters. The van der Waals surface area contributed by atoms with Crippen LogP contribution in [0.25, 0.3) is 0 Å². The molecule has 0 spiro atoms. The van der Waals surface area contributed by atoms with Crippen molar-refractivity contribution in [2.75, 3.05) is 44.2 Å². The fourth-order valence-electron chi connectivity index (χ4n) is 2.79. The maximum Gasteiger partial charge on any atom is 0.122 e. The Labute approximate surface area is 150 Å². The van der Waals surface area contributed by atoms with Gasteiger partial charge in [-0.3, -0.25) is 4.90 Å². The number of aliphatic hydroxyl groups is 1. The van der Waals surface area contributed by atoms with Crippen molar-refractivity contribution in [2.24, 2.45) is 0 Å². The number of aryl methyl sites for hydroxylation is 1. The van der Waals surface area contributed by atoms with Crippen LogP contribution in [0.5, 0.6) is 0 Å². The van der Waals surface area contributed by atoms with Gasteiger partial charge in [0.1, 0.15) is 5.60 Å². The maximum atomic E-state index is 10.2. The standard InChI is InChI=1S/C19H27ClN2O2/c1-5-19(3,4)24-14-17(23)13-21-8-10-22(11-9-21)18-12-16(20)7-6-15(18)2/h1,6-7,12,17,23H,8-11,13-14H2,2-4H3/t17-/m1/s1. The monoisotopic (exact) mass is 350 g/mol. The van der Waals surface area contributed by atoms with Gasteiger partial charge in [-0.1, -0.05) is 23.6 Å². The minimum absolute atomic E-state index is 0.255. The summed E-state index contributed by atoms with van der Waals surface area (Å²) in [5.74, 6) is 2.57. The van der Waals surface area contributed by atoms with Crippen molar-refractivity contribution in [2.45, 2.75) is 32.5 Å². The lowest BCUT2D eigenvalue weighted by molar-refractivity contribution is -0.0376. The van der Waals surface area contributed by atoms with E-state index < -0.39 is 11.7 Å². The number of ether oxygens (including phenoxy) is 1. The average molecular weight is 351 g/mol. The Balaban J connectivity index is 1.80. The molecule has 1 aromatic rings. The van der Waals surface area contributed by atoms with Crippen molar-refractivity contribution in [3.05, 3.63) is 28.8 Å². The molecule has 1 aliphatic rings. The summed E-state index contributed by atoms with van der Waals surface area (Å²) in [6, 6.07) is 6.00. The minimum atomic E-state index is -0.635. The lowest BCUT2D eigenvalue weighted by atomic mass is 10.1. The largest absolute Gasteiger partial charge is 0.389 e. The number of halogens is 1. The van der Waals surface area contributed by atoms with Crippen molar-refractivity contribution in [1.29, 1.82) is 0 Å². The zero-order valence-corrected chi connectivity index (χ0v) is 15.5. The van der Waals surface area contributed by atoms with Gasteiger partial charge in [-0.05, 0) is 38.5 Å². The van der Waals surface area contributed by atoms with Crippen LogP contribution in [-0.2, 0) is 4.74 Å². The highest BCUT2D eigenvalue weighted by Crippen LogP contribution is 2.25. The third kappa shape index (κ3) is 5.39. The third-order valence-electron chi connectivity index (χ3n) is 4.34. The molecule has 0 aliphatic carbocycles. The number of piperazine rings is 1. The highest BCUT2D eigenvalue weighted by atomic mass is 35.5. The first-order valence-electron chi connectivity index (χ1n) is 8.34. The van der Waals surface area contributed by atoms with Gasteiger partial charge in [0.2, 0.25) is 0 Å². The molecule has 1 aromatic carbocycles. The van der Waals surface area contributed by atoms with Gasteiger partial charge in [-0.2, -0.15) is 0 Å². The zero-order chi connectivity index (χ0) is 17.7. The number of anilines is 1. The molecule has 24 heavy (non-hydrogen) atoms. The van der Waals surface area contributed by atoms with E-state index in [9.17, 15) is 5.11 Å². The number of hydrogen-bond acceptors (Lipinski definition) is 4. The van der Waals surface area contributed by atoms with Crippen LogP contribution >= 0.6 is 11.6 Å². The normalized spacial score (nSPS) is 17.6. The predicted octanol–water partition coefficient (Wildman–Crippen LogP) is 2.56. The fourth-order valence-corrected chi connectivity index (χ4v) is 2.96. The molecule has 2 rings (SSSR count). The summed E-state index contributed by atoms with van der Waals surface area (Å²) in [5.41, 5.74) is 1.80. The van der Waals surface area contributed by atoms with Crippen LogP contribution in [0.3, 0.4) is 0 Å². The van der Waals surface area contributed by atoms with E-state index in [1.165, 1.54) is 11.3 Å². The number of rotatable bonds is 6. The summed E-state index contributed by atoms with van der Waals surface area (Å²) >= 11 is 6.12. The summed E-state index contributed by atoms with van der Waals surface area (Å²) in [7, 11) is 0. The molecule has 0 saturated carbocycles. The van der Waals surface area contributed by atoms with E-state index in [-0.39, 0.29) is 6.61 Å². The summed E-state index contributed by atoms with van der Waals surface area (Å²) in [4.78, 5) is 4.61. The molecular weight excluding hydrogens is 324 g/mol. The van der Waals surface area contributed by atoms with Gasteiger partial charge in [0.25, 0.3) is 0 Å².